The van der Waals surface area contributed by atoms with E-state index in [-0.39, 0.29) is 18.6 Å². The van der Waals surface area contributed by atoms with Gasteiger partial charge in [-0.15, -0.1) is 0 Å². The lowest BCUT2D eigenvalue weighted by molar-refractivity contribution is -0.130. The highest BCUT2D eigenvalue weighted by atomic mass is 16.5. The number of carbonyl (C=O) groups excluding carboxylic acids is 1. The van der Waals surface area contributed by atoms with Crippen molar-refractivity contribution in [2.24, 2.45) is 0 Å². The SMILES string of the molecule is CN(CC(=O)N(C)C)CC(O)COCC1CCCO1. The van der Waals surface area contributed by atoms with Crippen LogP contribution in [0.2, 0.25) is 0 Å². The van der Waals surface area contributed by atoms with Gasteiger partial charge in [-0.25, -0.2) is 0 Å². The molecule has 0 aromatic rings. The molecule has 0 aromatic carbocycles. The van der Waals surface area contributed by atoms with E-state index in [2.05, 4.69) is 0 Å². The summed E-state index contributed by atoms with van der Waals surface area (Å²) in [5.41, 5.74) is 0. The molecular weight excluding hydrogens is 248 g/mol. The van der Waals surface area contributed by atoms with Crippen molar-refractivity contribution < 1.29 is 19.4 Å². The first-order chi connectivity index (χ1) is 8.99. The van der Waals surface area contributed by atoms with Crippen molar-refractivity contribution in [1.82, 2.24) is 9.80 Å². The lowest BCUT2D eigenvalue weighted by atomic mass is 10.2. The Hall–Kier alpha value is -0.690. The molecule has 1 saturated heterocycles. The summed E-state index contributed by atoms with van der Waals surface area (Å²) in [7, 11) is 5.25. The Morgan fingerprint density at radius 2 is 2.21 bits per heavy atom. The van der Waals surface area contributed by atoms with Crippen LogP contribution in [0.3, 0.4) is 0 Å². The second-order valence-electron chi connectivity index (χ2n) is 5.31. The highest BCUT2D eigenvalue weighted by molar-refractivity contribution is 5.77. The normalized spacial score (nSPS) is 20.8. The summed E-state index contributed by atoms with van der Waals surface area (Å²) in [6, 6.07) is 0. The van der Waals surface area contributed by atoms with Crippen molar-refractivity contribution in [3.8, 4) is 0 Å². The molecule has 0 bridgehead atoms. The van der Waals surface area contributed by atoms with Gasteiger partial charge in [0, 0.05) is 27.2 Å². The lowest BCUT2D eigenvalue weighted by Gasteiger charge is -2.22. The number of nitrogens with zero attached hydrogens (tertiary/aromatic N) is 2. The minimum absolute atomic E-state index is 0.0231. The molecule has 1 N–H and O–H groups in total. The molecule has 6 heteroatoms. The number of amides is 1. The second-order valence-corrected chi connectivity index (χ2v) is 5.31. The Balaban J connectivity index is 2.08. The molecule has 19 heavy (non-hydrogen) atoms. The van der Waals surface area contributed by atoms with Crippen molar-refractivity contribution in [2.75, 3.05) is 54.1 Å². The molecule has 0 aliphatic carbocycles. The molecule has 1 aliphatic rings. The molecule has 2 unspecified atom stereocenters. The molecule has 0 aromatic heterocycles. The highest BCUT2D eigenvalue weighted by Gasteiger charge is 2.17. The third-order valence-corrected chi connectivity index (χ3v) is 3.06. The number of hydrogen-bond acceptors (Lipinski definition) is 5. The molecule has 0 spiro atoms. The number of aliphatic hydroxyl groups excluding tert-OH is 1. The lowest BCUT2D eigenvalue weighted by Crippen LogP contribution is -2.39. The average molecular weight is 274 g/mol. The number of likely N-dealkylation sites (N-methyl/N-ethyl adjacent to an activating group) is 2. The zero-order valence-corrected chi connectivity index (χ0v) is 12.2. The third-order valence-electron chi connectivity index (χ3n) is 3.06. The average Bonchev–Trinajstić information content (AvgIpc) is 2.81. The van der Waals surface area contributed by atoms with Gasteiger partial charge in [-0.3, -0.25) is 9.69 Å². The van der Waals surface area contributed by atoms with Crippen LogP contribution in [-0.4, -0.2) is 87.1 Å². The first-order valence-corrected chi connectivity index (χ1v) is 6.75. The maximum atomic E-state index is 11.5. The van der Waals surface area contributed by atoms with Gasteiger partial charge in [0.05, 0.1) is 32.0 Å². The molecular formula is C13H26N2O4. The summed E-state index contributed by atoms with van der Waals surface area (Å²) < 4.78 is 10.9. The highest BCUT2D eigenvalue weighted by Crippen LogP contribution is 2.11. The Morgan fingerprint density at radius 1 is 1.47 bits per heavy atom. The van der Waals surface area contributed by atoms with Crippen LogP contribution in [0.1, 0.15) is 12.8 Å². The minimum Gasteiger partial charge on any atom is -0.389 e. The van der Waals surface area contributed by atoms with Crippen molar-refractivity contribution in [3.05, 3.63) is 0 Å². The van der Waals surface area contributed by atoms with Crippen molar-refractivity contribution in [3.63, 3.8) is 0 Å². The fraction of sp³-hybridized carbons (Fsp3) is 0.923. The molecule has 2 atom stereocenters. The molecule has 0 radical (unpaired) electrons. The summed E-state index contributed by atoms with van der Waals surface area (Å²) in [5.74, 6) is 0.0231. The third kappa shape index (κ3) is 6.87. The first kappa shape index (κ1) is 16.4. The Labute approximate surface area is 115 Å². The molecule has 6 nitrogen and oxygen atoms in total. The van der Waals surface area contributed by atoms with E-state index in [1.54, 1.807) is 19.0 Å². The van der Waals surface area contributed by atoms with Gasteiger partial charge in [-0.05, 0) is 19.9 Å². The van der Waals surface area contributed by atoms with Gasteiger partial charge in [-0.1, -0.05) is 0 Å². The Kier molecular flexibility index (Phi) is 7.30. The summed E-state index contributed by atoms with van der Waals surface area (Å²) in [6.45, 7) is 2.35. The zero-order valence-electron chi connectivity index (χ0n) is 12.2. The van der Waals surface area contributed by atoms with E-state index in [1.807, 2.05) is 7.05 Å². The smallest absolute Gasteiger partial charge is 0.236 e. The van der Waals surface area contributed by atoms with E-state index >= 15 is 0 Å². The maximum Gasteiger partial charge on any atom is 0.236 e. The molecule has 1 heterocycles. The van der Waals surface area contributed by atoms with E-state index in [0.29, 0.717) is 19.7 Å². The van der Waals surface area contributed by atoms with Crippen LogP contribution in [-0.2, 0) is 14.3 Å². The van der Waals surface area contributed by atoms with Crippen LogP contribution in [0, 0.1) is 0 Å². The molecule has 0 saturated carbocycles. The van der Waals surface area contributed by atoms with Gasteiger partial charge in [0.25, 0.3) is 0 Å². The number of carbonyl (C=O) groups is 1. The standard InChI is InChI=1S/C13H26N2O4/c1-14(2)13(17)8-15(3)7-11(16)9-18-10-12-5-4-6-19-12/h11-12,16H,4-10H2,1-3H3. The van der Waals surface area contributed by atoms with Gasteiger partial charge in [0.1, 0.15) is 0 Å². The van der Waals surface area contributed by atoms with E-state index < -0.39 is 6.10 Å². The summed E-state index contributed by atoms with van der Waals surface area (Å²) in [4.78, 5) is 14.8. The fourth-order valence-electron chi connectivity index (χ4n) is 1.96. The van der Waals surface area contributed by atoms with E-state index in [0.717, 1.165) is 19.4 Å². The summed E-state index contributed by atoms with van der Waals surface area (Å²) >= 11 is 0. The maximum absolute atomic E-state index is 11.5. The van der Waals surface area contributed by atoms with Crippen LogP contribution < -0.4 is 0 Å². The monoisotopic (exact) mass is 274 g/mol. The predicted molar refractivity (Wildman–Crippen MR) is 72.0 cm³/mol. The largest absolute Gasteiger partial charge is 0.389 e. The van der Waals surface area contributed by atoms with E-state index in [9.17, 15) is 9.90 Å². The minimum atomic E-state index is -0.582. The van der Waals surface area contributed by atoms with Crippen LogP contribution >= 0.6 is 0 Å². The first-order valence-electron chi connectivity index (χ1n) is 6.75. The molecule has 1 amide bonds. The van der Waals surface area contributed by atoms with Gasteiger partial charge < -0.3 is 19.5 Å². The molecule has 1 fully saturated rings. The summed E-state index contributed by atoms with van der Waals surface area (Å²) in [5, 5.41) is 9.81. The molecule has 1 aliphatic heterocycles. The van der Waals surface area contributed by atoms with Crippen molar-refractivity contribution >= 4 is 5.91 Å². The van der Waals surface area contributed by atoms with Crippen molar-refractivity contribution in [1.29, 1.82) is 0 Å². The molecule has 1 rings (SSSR count). The topological polar surface area (TPSA) is 62.2 Å². The van der Waals surface area contributed by atoms with Crippen LogP contribution in [0.15, 0.2) is 0 Å². The predicted octanol–water partition coefficient (Wildman–Crippen LogP) is -0.437. The summed E-state index contributed by atoms with van der Waals surface area (Å²) in [6.07, 6.45) is 1.72. The molecule has 112 valence electrons. The van der Waals surface area contributed by atoms with Gasteiger partial charge in [0.15, 0.2) is 0 Å². The number of ether oxygens (including phenoxy) is 2. The van der Waals surface area contributed by atoms with E-state index in [4.69, 9.17) is 9.47 Å². The van der Waals surface area contributed by atoms with Crippen molar-refractivity contribution in [2.45, 2.75) is 25.0 Å². The second kappa shape index (κ2) is 8.47. The fourth-order valence-corrected chi connectivity index (χ4v) is 1.96. The van der Waals surface area contributed by atoms with Crippen LogP contribution in [0.4, 0.5) is 0 Å². The number of rotatable bonds is 8. The number of aliphatic hydroxyl groups is 1. The van der Waals surface area contributed by atoms with Crippen LogP contribution in [0.5, 0.6) is 0 Å². The van der Waals surface area contributed by atoms with E-state index in [1.165, 1.54) is 4.90 Å². The number of hydrogen-bond donors (Lipinski definition) is 1. The van der Waals surface area contributed by atoms with Gasteiger partial charge in [-0.2, -0.15) is 0 Å². The quantitative estimate of drug-likeness (QED) is 0.650. The van der Waals surface area contributed by atoms with Gasteiger partial charge >= 0.3 is 0 Å². The van der Waals surface area contributed by atoms with Crippen LogP contribution in [0.25, 0.3) is 0 Å². The Morgan fingerprint density at radius 3 is 2.79 bits per heavy atom. The Bertz CT molecular complexity index is 267. The zero-order chi connectivity index (χ0) is 14.3. The van der Waals surface area contributed by atoms with Gasteiger partial charge in [0.2, 0.25) is 5.91 Å².